The lowest BCUT2D eigenvalue weighted by molar-refractivity contribution is 0.101. The third-order valence-corrected chi connectivity index (χ3v) is 2.19. The summed E-state index contributed by atoms with van der Waals surface area (Å²) in [5.41, 5.74) is 6.65. The summed E-state index contributed by atoms with van der Waals surface area (Å²) in [6.07, 6.45) is 1.37. The fourth-order valence-corrected chi connectivity index (χ4v) is 1.50. The number of aryl methyl sites for hydroxylation is 1. The van der Waals surface area contributed by atoms with Crippen LogP contribution in [0, 0.1) is 0 Å². The minimum absolute atomic E-state index is 0.131. The average molecular weight is 205 g/mol. The predicted octanol–water partition coefficient (Wildman–Crippen LogP) is 0.631. The van der Waals surface area contributed by atoms with Gasteiger partial charge in [0.25, 0.3) is 0 Å². The van der Waals surface area contributed by atoms with Gasteiger partial charge in [-0.25, -0.2) is 14.6 Å². The summed E-state index contributed by atoms with van der Waals surface area (Å²) in [5, 5.41) is 4.70. The number of nitrogen functional groups attached to an aromatic ring is 1. The number of hydrogen-bond donors (Lipinski definition) is 1. The summed E-state index contributed by atoms with van der Waals surface area (Å²) in [7, 11) is 0. The van der Waals surface area contributed by atoms with Gasteiger partial charge >= 0.3 is 0 Å². The van der Waals surface area contributed by atoms with Gasteiger partial charge < -0.3 is 5.73 Å². The highest BCUT2D eigenvalue weighted by Crippen LogP contribution is 2.21. The van der Waals surface area contributed by atoms with Gasteiger partial charge in [0.15, 0.2) is 11.4 Å². The Labute approximate surface area is 86.1 Å². The first-order valence-electron chi connectivity index (χ1n) is 4.63. The van der Waals surface area contributed by atoms with Crippen LogP contribution in [0.1, 0.15) is 24.3 Å². The van der Waals surface area contributed by atoms with Crippen molar-refractivity contribution in [2.45, 2.75) is 20.4 Å². The maximum atomic E-state index is 11.4. The molecular weight excluding hydrogens is 194 g/mol. The zero-order valence-electron chi connectivity index (χ0n) is 8.56. The molecule has 0 fully saturated rings. The number of carbonyl (C=O) groups excluding carboxylic acids is 1. The van der Waals surface area contributed by atoms with E-state index in [-0.39, 0.29) is 5.78 Å². The summed E-state index contributed by atoms with van der Waals surface area (Å²) in [4.78, 5) is 19.3. The van der Waals surface area contributed by atoms with E-state index in [4.69, 9.17) is 5.73 Å². The third kappa shape index (κ3) is 1.34. The van der Waals surface area contributed by atoms with Crippen molar-refractivity contribution in [3.8, 4) is 0 Å². The maximum Gasteiger partial charge on any atom is 0.180 e. The number of aromatic nitrogens is 4. The van der Waals surface area contributed by atoms with Gasteiger partial charge in [0.05, 0.1) is 5.39 Å². The largest absolute Gasteiger partial charge is 0.383 e. The Hall–Kier alpha value is -1.98. The molecule has 0 radical (unpaired) electrons. The Morgan fingerprint density at radius 2 is 2.27 bits per heavy atom. The van der Waals surface area contributed by atoms with Gasteiger partial charge in [-0.2, -0.15) is 5.10 Å². The zero-order valence-corrected chi connectivity index (χ0v) is 8.56. The Morgan fingerprint density at radius 1 is 1.53 bits per heavy atom. The Kier molecular flexibility index (Phi) is 2.11. The highest BCUT2D eigenvalue weighted by molar-refractivity contribution is 6.07. The molecule has 0 unspecified atom stereocenters. The van der Waals surface area contributed by atoms with Crippen LogP contribution in [-0.4, -0.2) is 25.5 Å². The molecule has 0 aliphatic carbocycles. The van der Waals surface area contributed by atoms with Crippen molar-refractivity contribution in [2.75, 3.05) is 5.73 Å². The van der Waals surface area contributed by atoms with Crippen molar-refractivity contribution in [3.63, 3.8) is 0 Å². The number of nitrogens with zero attached hydrogens (tertiary/aromatic N) is 4. The summed E-state index contributed by atoms with van der Waals surface area (Å²) in [6, 6.07) is 0. The molecule has 0 aliphatic rings. The number of Topliss-reactive ketones (excluding diaryl/α,β-unsaturated/α-hetero) is 1. The maximum absolute atomic E-state index is 11.4. The first kappa shape index (κ1) is 9.57. The Balaban J connectivity index is 2.88. The van der Waals surface area contributed by atoms with Crippen LogP contribution in [0.5, 0.6) is 0 Å². The molecule has 15 heavy (non-hydrogen) atoms. The normalized spacial score (nSPS) is 10.8. The molecule has 0 atom stereocenters. The molecule has 0 aromatic carbocycles. The van der Waals surface area contributed by atoms with E-state index < -0.39 is 0 Å². The van der Waals surface area contributed by atoms with Crippen LogP contribution in [0.4, 0.5) is 5.82 Å². The SMILES string of the molecule is CCn1nc(C(C)=O)c2c(N)ncnc21. The van der Waals surface area contributed by atoms with E-state index in [1.807, 2.05) is 6.92 Å². The van der Waals surface area contributed by atoms with Gasteiger partial charge in [-0.15, -0.1) is 0 Å². The Bertz CT molecular complexity index is 531. The number of hydrogen-bond acceptors (Lipinski definition) is 5. The minimum atomic E-state index is -0.131. The van der Waals surface area contributed by atoms with Gasteiger partial charge in [-0.1, -0.05) is 0 Å². The number of nitrogens with two attached hydrogens (primary N) is 1. The average Bonchev–Trinajstić information content (AvgIpc) is 2.58. The van der Waals surface area contributed by atoms with E-state index in [1.165, 1.54) is 13.3 Å². The smallest absolute Gasteiger partial charge is 0.180 e. The van der Waals surface area contributed by atoms with Crippen molar-refractivity contribution >= 4 is 22.6 Å². The van der Waals surface area contributed by atoms with E-state index in [0.29, 0.717) is 29.1 Å². The fraction of sp³-hybridized carbons (Fsp3) is 0.333. The van der Waals surface area contributed by atoms with Crippen molar-refractivity contribution in [2.24, 2.45) is 0 Å². The first-order valence-corrected chi connectivity index (χ1v) is 4.63. The number of ketones is 1. The van der Waals surface area contributed by atoms with Crippen LogP contribution in [0.3, 0.4) is 0 Å². The molecule has 6 nitrogen and oxygen atoms in total. The molecule has 2 rings (SSSR count). The molecule has 0 spiro atoms. The molecule has 0 amide bonds. The molecule has 2 heterocycles. The van der Waals surface area contributed by atoms with Crippen molar-refractivity contribution in [1.82, 2.24) is 19.7 Å². The highest BCUT2D eigenvalue weighted by atomic mass is 16.1. The molecule has 2 aromatic heterocycles. The molecular formula is C9H11N5O. The molecule has 0 aliphatic heterocycles. The van der Waals surface area contributed by atoms with Gasteiger partial charge in [-0.05, 0) is 6.92 Å². The van der Waals surface area contributed by atoms with Crippen molar-refractivity contribution < 1.29 is 4.79 Å². The summed E-state index contributed by atoms with van der Waals surface area (Å²) in [5.74, 6) is 0.165. The van der Waals surface area contributed by atoms with Gasteiger partial charge in [0.2, 0.25) is 0 Å². The zero-order chi connectivity index (χ0) is 11.0. The van der Waals surface area contributed by atoms with Crippen LogP contribution in [0.2, 0.25) is 0 Å². The highest BCUT2D eigenvalue weighted by Gasteiger charge is 2.17. The second kappa shape index (κ2) is 3.30. The van der Waals surface area contributed by atoms with E-state index in [2.05, 4.69) is 15.1 Å². The predicted molar refractivity (Wildman–Crippen MR) is 55.4 cm³/mol. The monoisotopic (exact) mass is 205 g/mol. The second-order valence-corrected chi connectivity index (χ2v) is 3.18. The minimum Gasteiger partial charge on any atom is -0.383 e. The van der Waals surface area contributed by atoms with Crippen LogP contribution in [0.25, 0.3) is 11.0 Å². The van der Waals surface area contributed by atoms with Gasteiger partial charge in [0, 0.05) is 13.5 Å². The van der Waals surface area contributed by atoms with Crippen molar-refractivity contribution in [1.29, 1.82) is 0 Å². The molecule has 78 valence electrons. The fourth-order valence-electron chi connectivity index (χ4n) is 1.50. The third-order valence-electron chi connectivity index (χ3n) is 2.19. The number of fused-ring (bicyclic) bond motifs is 1. The first-order chi connectivity index (χ1) is 7.15. The van der Waals surface area contributed by atoms with Crippen LogP contribution < -0.4 is 5.73 Å². The van der Waals surface area contributed by atoms with E-state index in [0.717, 1.165) is 0 Å². The van der Waals surface area contributed by atoms with Crippen LogP contribution >= 0.6 is 0 Å². The number of carbonyl (C=O) groups is 1. The lowest BCUT2D eigenvalue weighted by Gasteiger charge is -1.96. The topological polar surface area (TPSA) is 86.7 Å². The lowest BCUT2D eigenvalue weighted by Crippen LogP contribution is -1.99. The summed E-state index contributed by atoms with van der Waals surface area (Å²) < 4.78 is 1.64. The quantitative estimate of drug-likeness (QED) is 0.726. The van der Waals surface area contributed by atoms with Gasteiger partial charge in [-0.3, -0.25) is 4.79 Å². The van der Waals surface area contributed by atoms with Crippen LogP contribution in [0.15, 0.2) is 6.33 Å². The van der Waals surface area contributed by atoms with E-state index >= 15 is 0 Å². The molecule has 0 saturated heterocycles. The Morgan fingerprint density at radius 3 is 2.87 bits per heavy atom. The number of rotatable bonds is 2. The molecule has 0 saturated carbocycles. The molecule has 6 heteroatoms. The van der Waals surface area contributed by atoms with Gasteiger partial charge in [0.1, 0.15) is 17.8 Å². The summed E-state index contributed by atoms with van der Waals surface area (Å²) >= 11 is 0. The molecule has 0 bridgehead atoms. The molecule has 2 N–H and O–H groups in total. The van der Waals surface area contributed by atoms with Crippen LogP contribution in [-0.2, 0) is 6.54 Å². The molecule has 2 aromatic rings. The number of anilines is 1. The van der Waals surface area contributed by atoms with Crippen molar-refractivity contribution in [3.05, 3.63) is 12.0 Å². The van der Waals surface area contributed by atoms with E-state index in [9.17, 15) is 4.79 Å². The summed E-state index contributed by atoms with van der Waals surface area (Å²) in [6.45, 7) is 4.02. The lowest BCUT2D eigenvalue weighted by atomic mass is 10.2. The second-order valence-electron chi connectivity index (χ2n) is 3.18. The standard InChI is InChI=1S/C9H11N5O/c1-3-14-9-6(7(13-14)5(2)15)8(10)11-4-12-9/h4H,3H2,1-2H3,(H2,10,11,12). The van der Waals surface area contributed by atoms with E-state index in [1.54, 1.807) is 4.68 Å².